The van der Waals surface area contributed by atoms with Gasteiger partial charge in [0.1, 0.15) is 11.6 Å². The highest BCUT2D eigenvalue weighted by Crippen LogP contribution is 2.28. The second-order valence-corrected chi connectivity index (χ2v) is 7.38. The fourth-order valence-electron chi connectivity index (χ4n) is 3.50. The van der Waals surface area contributed by atoms with Gasteiger partial charge in [0, 0.05) is 37.5 Å². The minimum atomic E-state index is 0.250. The van der Waals surface area contributed by atoms with Crippen molar-refractivity contribution in [2.45, 2.75) is 31.7 Å². The van der Waals surface area contributed by atoms with E-state index in [1.54, 1.807) is 12.1 Å². The van der Waals surface area contributed by atoms with Gasteiger partial charge in [-0.3, -0.25) is 0 Å². The molecule has 6 nitrogen and oxygen atoms in total. The molecule has 1 fully saturated rings. The number of pyridine rings is 1. The van der Waals surface area contributed by atoms with Gasteiger partial charge in [-0.05, 0) is 61.9 Å². The number of ether oxygens (including phenoxy) is 1. The Morgan fingerprint density at radius 1 is 1.25 bits per heavy atom. The summed E-state index contributed by atoms with van der Waals surface area (Å²) in [5, 5.41) is 19.0. The molecule has 1 N–H and O–H groups in total. The van der Waals surface area contributed by atoms with E-state index >= 15 is 0 Å². The minimum Gasteiger partial charge on any atom is -0.439 e. The van der Waals surface area contributed by atoms with Crippen LogP contribution in [0.5, 0.6) is 11.6 Å². The molecule has 0 amide bonds. The Balaban J connectivity index is 1.71. The summed E-state index contributed by atoms with van der Waals surface area (Å²) in [4.78, 5) is 10.3. The number of amidine groups is 1. The Morgan fingerprint density at radius 3 is 2.54 bits per heavy atom. The molecule has 0 atom stereocenters. The lowest BCUT2D eigenvalue weighted by atomic mass is 9.86. The summed E-state index contributed by atoms with van der Waals surface area (Å²) in [5.41, 5.74) is 0.852. The zero-order valence-corrected chi connectivity index (χ0v) is 16.5. The molecule has 0 spiro atoms. The molecule has 28 heavy (non-hydrogen) atoms. The van der Waals surface area contributed by atoms with Crippen molar-refractivity contribution in [1.29, 1.82) is 5.26 Å². The highest BCUT2D eigenvalue weighted by atomic mass is 35.5. The second-order valence-electron chi connectivity index (χ2n) is 6.94. The fraction of sp³-hybridized carbons (Fsp3) is 0.381. The second kappa shape index (κ2) is 9.54. The van der Waals surface area contributed by atoms with Gasteiger partial charge in [0.2, 0.25) is 12.1 Å². The molecule has 1 aliphatic rings. The van der Waals surface area contributed by atoms with E-state index in [1.807, 2.05) is 37.5 Å². The largest absolute Gasteiger partial charge is 0.439 e. The molecule has 3 rings (SSSR count). The number of nitriles is 1. The van der Waals surface area contributed by atoms with Gasteiger partial charge in [-0.25, -0.2) is 4.98 Å². The lowest BCUT2D eigenvalue weighted by Crippen LogP contribution is -2.40. The van der Waals surface area contributed by atoms with Crippen LogP contribution in [0.3, 0.4) is 0 Å². The number of aliphatic imine (C=N–C) groups is 1. The first-order valence-corrected chi connectivity index (χ1v) is 9.69. The van der Waals surface area contributed by atoms with Crippen LogP contribution in [0.15, 0.2) is 47.6 Å². The Hall–Kier alpha value is -2.62. The maximum atomic E-state index is 9.33. The third kappa shape index (κ3) is 5.00. The molecule has 0 radical (unpaired) electrons. The highest BCUT2D eigenvalue weighted by Gasteiger charge is 2.26. The third-order valence-electron chi connectivity index (χ3n) is 5.15. The van der Waals surface area contributed by atoms with E-state index in [9.17, 15) is 5.11 Å². The van der Waals surface area contributed by atoms with Crippen LogP contribution < -0.4 is 4.74 Å². The number of aliphatic hydroxyl groups is 1. The third-order valence-corrected chi connectivity index (χ3v) is 5.37. The van der Waals surface area contributed by atoms with E-state index in [0.29, 0.717) is 34.4 Å². The first kappa shape index (κ1) is 20.1. The number of rotatable bonds is 5. The summed E-state index contributed by atoms with van der Waals surface area (Å²) >= 11 is 5.84. The number of aliphatic hydroxyl groups excluding tert-OH is 1. The van der Waals surface area contributed by atoms with Crippen molar-refractivity contribution >= 4 is 17.4 Å². The molecule has 1 heterocycles. The lowest BCUT2D eigenvalue weighted by Gasteiger charge is -2.35. The van der Waals surface area contributed by atoms with Crippen molar-refractivity contribution in [2.24, 2.45) is 10.9 Å². The van der Waals surface area contributed by atoms with Crippen LogP contribution >= 0.6 is 11.6 Å². The van der Waals surface area contributed by atoms with Crippen LogP contribution in [0.4, 0.5) is 0 Å². The van der Waals surface area contributed by atoms with Gasteiger partial charge in [0.05, 0.1) is 5.02 Å². The monoisotopic (exact) mass is 398 g/mol. The SMILES string of the molecule is CN(C(=NC#N)c1ccc(Oc2ccc(Cl)cn2)cc1)C1CCC(CO)CC1. The quantitative estimate of drug-likeness (QED) is 0.462. The zero-order chi connectivity index (χ0) is 19.9. The summed E-state index contributed by atoms with van der Waals surface area (Å²) < 4.78 is 5.72. The van der Waals surface area contributed by atoms with E-state index in [4.69, 9.17) is 21.6 Å². The van der Waals surface area contributed by atoms with Gasteiger partial charge in [-0.2, -0.15) is 10.3 Å². The van der Waals surface area contributed by atoms with Crippen molar-refractivity contribution in [3.8, 4) is 17.8 Å². The standard InChI is InChI=1S/C21H23ClN4O2/c1-26(18-7-2-15(13-27)3-8-18)21(25-14-23)16-4-9-19(10-5-16)28-20-11-6-17(22)12-24-20/h4-6,9-12,15,18,27H,2-3,7-8,13H2,1H3. The van der Waals surface area contributed by atoms with E-state index in [0.717, 1.165) is 31.2 Å². The van der Waals surface area contributed by atoms with Crippen LogP contribution in [0.1, 0.15) is 31.2 Å². The molecule has 146 valence electrons. The molecule has 1 aromatic heterocycles. The number of hydrogen-bond donors (Lipinski definition) is 1. The molecular formula is C21H23ClN4O2. The Morgan fingerprint density at radius 2 is 1.96 bits per heavy atom. The summed E-state index contributed by atoms with van der Waals surface area (Å²) in [5.74, 6) is 2.13. The van der Waals surface area contributed by atoms with Gasteiger partial charge in [0.15, 0.2) is 0 Å². The summed E-state index contributed by atoms with van der Waals surface area (Å²) in [6, 6.07) is 11.2. The molecule has 0 aliphatic heterocycles. The molecule has 0 saturated heterocycles. The maximum Gasteiger partial charge on any atom is 0.219 e. The number of halogens is 1. The van der Waals surface area contributed by atoms with Crippen LogP contribution in [-0.4, -0.2) is 40.5 Å². The van der Waals surface area contributed by atoms with Crippen molar-refractivity contribution in [2.75, 3.05) is 13.7 Å². The highest BCUT2D eigenvalue weighted by molar-refractivity contribution is 6.30. The summed E-state index contributed by atoms with van der Waals surface area (Å²) in [7, 11) is 1.97. The van der Waals surface area contributed by atoms with Gasteiger partial charge >= 0.3 is 0 Å². The average molecular weight is 399 g/mol. The van der Waals surface area contributed by atoms with Crippen LogP contribution in [0, 0.1) is 17.4 Å². The topological polar surface area (TPSA) is 81.7 Å². The predicted octanol–water partition coefficient (Wildman–Crippen LogP) is 4.24. The molecule has 1 aliphatic carbocycles. The molecular weight excluding hydrogens is 376 g/mol. The van der Waals surface area contributed by atoms with Crippen LogP contribution in [0.25, 0.3) is 0 Å². The Labute approximate surface area is 170 Å². The fourth-order valence-corrected chi connectivity index (χ4v) is 3.61. The van der Waals surface area contributed by atoms with Crippen molar-refractivity contribution in [3.05, 3.63) is 53.2 Å². The van der Waals surface area contributed by atoms with Crippen LogP contribution in [-0.2, 0) is 0 Å². The van der Waals surface area contributed by atoms with Crippen molar-refractivity contribution in [1.82, 2.24) is 9.88 Å². The predicted molar refractivity (Wildman–Crippen MR) is 109 cm³/mol. The number of hydrogen-bond acceptors (Lipinski definition) is 5. The van der Waals surface area contributed by atoms with Gasteiger partial charge < -0.3 is 14.7 Å². The molecule has 2 aromatic rings. The lowest BCUT2D eigenvalue weighted by molar-refractivity contribution is 0.156. The van der Waals surface area contributed by atoms with E-state index in [-0.39, 0.29) is 6.61 Å². The first-order chi connectivity index (χ1) is 13.6. The first-order valence-electron chi connectivity index (χ1n) is 9.31. The normalized spacial score (nSPS) is 19.7. The Kier molecular flexibility index (Phi) is 6.85. The average Bonchev–Trinajstić information content (AvgIpc) is 2.74. The smallest absolute Gasteiger partial charge is 0.219 e. The number of benzene rings is 1. The maximum absolute atomic E-state index is 9.33. The number of aromatic nitrogens is 1. The molecule has 7 heteroatoms. The zero-order valence-electron chi connectivity index (χ0n) is 15.8. The minimum absolute atomic E-state index is 0.250. The van der Waals surface area contributed by atoms with E-state index < -0.39 is 0 Å². The van der Waals surface area contributed by atoms with E-state index in [1.165, 1.54) is 6.20 Å². The molecule has 1 aromatic carbocycles. The summed E-state index contributed by atoms with van der Waals surface area (Å²) in [6.45, 7) is 0.250. The van der Waals surface area contributed by atoms with Crippen LogP contribution in [0.2, 0.25) is 5.02 Å². The van der Waals surface area contributed by atoms with Crippen molar-refractivity contribution in [3.63, 3.8) is 0 Å². The van der Waals surface area contributed by atoms with Gasteiger partial charge in [-0.15, -0.1) is 0 Å². The number of nitrogens with zero attached hydrogens (tertiary/aromatic N) is 4. The molecule has 0 bridgehead atoms. The molecule has 1 saturated carbocycles. The summed E-state index contributed by atoms with van der Waals surface area (Å²) in [6.07, 6.45) is 7.40. The molecule has 0 unspecified atom stereocenters. The van der Waals surface area contributed by atoms with E-state index in [2.05, 4.69) is 14.9 Å². The Bertz CT molecular complexity index is 838. The van der Waals surface area contributed by atoms with Gasteiger partial charge in [-0.1, -0.05) is 11.6 Å². The van der Waals surface area contributed by atoms with Crippen molar-refractivity contribution < 1.29 is 9.84 Å². The van der Waals surface area contributed by atoms with Gasteiger partial charge in [0.25, 0.3) is 0 Å².